The van der Waals surface area contributed by atoms with Crippen molar-refractivity contribution >= 4 is 11.6 Å². The molecule has 1 fully saturated rings. The molecular formula is C17H22ClN3O. The largest absolute Gasteiger partial charge is 0.393 e. The smallest absolute Gasteiger partial charge is 0.132 e. The third kappa shape index (κ3) is 3.51. The van der Waals surface area contributed by atoms with Crippen LogP contribution in [0.4, 0.5) is 0 Å². The maximum absolute atomic E-state index is 9.60. The summed E-state index contributed by atoms with van der Waals surface area (Å²) >= 11 is 6.55. The van der Waals surface area contributed by atoms with Crippen LogP contribution in [-0.2, 0) is 13.1 Å². The van der Waals surface area contributed by atoms with Crippen LogP contribution < -0.4 is 0 Å². The standard InChI is InChI=1S/C17H22ClN3O/c1-13-16(12-20-9-7-15(22)8-10-20)17(18)21(19-13)11-14-5-3-2-4-6-14/h2-6,15,22H,7-12H2,1H3. The van der Waals surface area contributed by atoms with Crippen molar-refractivity contribution in [3.05, 3.63) is 52.3 Å². The highest BCUT2D eigenvalue weighted by Gasteiger charge is 2.21. The molecule has 1 aromatic heterocycles. The van der Waals surface area contributed by atoms with Crippen LogP contribution in [0.15, 0.2) is 30.3 Å². The Morgan fingerprint density at radius 1 is 1.18 bits per heavy atom. The zero-order valence-electron chi connectivity index (χ0n) is 12.9. The molecule has 0 saturated carbocycles. The van der Waals surface area contributed by atoms with Gasteiger partial charge in [-0.1, -0.05) is 41.9 Å². The molecule has 0 unspecified atom stereocenters. The first-order valence-electron chi connectivity index (χ1n) is 7.79. The van der Waals surface area contributed by atoms with Gasteiger partial charge in [0.05, 0.1) is 18.3 Å². The molecule has 0 aliphatic carbocycles. The van der Waals surface area contributed by atoms with E-state index in [1.54, 1.807) is 0 Å². The third-order valence-corrected chi connectivity index (χ3v) is 4.72. The normalized spacial score (nSPS) is 17.0. The number of likely N-dealkylation sites (tertiary alicyclic amines) is 1. The number of nitrogens with zero attached hydrogens (tertiary/aromatic N) is 3. The molecule has 3 rings (SSSR count). The van der Waals surface area contributed by atoms with Gasteiger partial charge in [-0.25, -0.2) is 4.68 Å². The van der Waals surface area contributed by atoms with Crippen molar-refractivity contribution in [1.29, 1.82) is 0 Å². The number of piperidine rings is 1. The summed E-state index contributed by atoms with van der Waals surface area (Å²) in [5, 5.41) is 14.9. The van der Waals surface area contributed by atoms with Gasteiger partial charge in [0.15, 0.2) is 0 Å². The number of aliphatic hydroxyl groups excluding tert-OH is 1. The first-order valence-corrected chi connectivity index (χ1v) is 8.17. The number of benzene rings is 1. The molecule has 1 N–H and O–H groups in total. The summed E-state index contributed by atoms with van der Waals surface area (Å²) in [5.74, 6) is 0. The van der Waals surface area contributed by atoms with Crippen LogP contribution in [0.5, 0.6) is 0 Å². The fourth-order valence-corrected chi connectivity index (χ4v) is 3.23. The summed E-state index contributed by atoms with van der Waals surface area (Å²) in [6, 6.07) is 10.2. The van der Waals surface area contributed by atoms with Crippen LogP contribution in [0.3, 0.4) is 0 Å². The fraction of sp³-hybridized carbons (Fsp3) is 0.471. The summed E-state index contributed by atoms with van der Waals surface area (Å²) in [4.78, 5) is 2.34. The molecule has 0 bridgehead atoms. The number of hydrogen-bond acceptors (Lipinski definition) is 3. The van der Waals surface area contributed by atoms with Gasteiger partial charge in [-0.05, 0) is 25.3 Å². The van der Waals surface area contributed by atoms with Gasteiger partial charge in [-0.2, -0.15) is 5.10 Å². The summed E-state index contributed by atoms with van der Waals surface area (Å²) in [5.41, 5.74) is 3.29. The summed E-state index contributed by atoms with van der Waals surface area (Å²) in [6.07, 6.45) is 1.54. The van der Waals surface area contributed by atoms with Crippen LogP contribution in [0.1, 0.15) is 29.7 Å². The molecule has 0 atom stereocenters. The number of rotatable bonds is 4. The number of aryl methyl sites for hydroxylation is 1. The zero-order chi connectivity index (χ0) is 15.5. The molecule has 2 heterocycles. The predicted molar refractivity (Wildman–Crippen MR) is 88.0 cm³/mol. The Morgan fingerprint density at radius 2 is 1.86 bits per heavy atom. The molecule has 1 aliphatic heterocycles. The third-order valence-electron chi connectivity index (χ3n) is 4.30. The summed E-state index contributed by atoms with van der Waals surface area (Å²) in [6.45, 7) is 5.36. The molecule has 22 heavy (non-hydrogen) atoms. The molecule has 118 valence electrons. The van der Waals surface area contributed by atoms with Crippen molar-refractivity contribution in [1.82, 2.24) is 14.7 Å². The second-order valence-corrected chi connectivity index (χ2v) is 6.36. The number of hydrogen-bond donors (Lipinski definition) is 1. The monoisotopic (exact) mass is 319 g/mol. The van der Waals surface area contributed by atoms with E-state index in [1.807, 2.05) is 29.8 Å². The van der Waals surface area contributed by atoms with E-state index in [0.29, 0.717) is 6.54 Å². The lowest BCUT2D eigenvalue weighted by atomic mass is 10.1. The molecule has 1 aromatic carbocycles. The average Bonchev–Trinajstić information content (AvgIpc) is 2.78. The van der Waals surface area contributed by atoms with Gasteiger partial charge in [0.25, 0.3) is 0 Å². The van der Waals surface area contributed by atoms with E-state index in [1.165, 1.54) is 5.56 Å². The lowest BCUT2D eigenvalue weighted by molar-refractivity contribution is 0.0792. The van der Waals surface area contributed by atoms with Crippen LogP contribution in [0.2, 0.25) is 5.15 Å². The highest BCUT2D eigenvalue weighted by atomic mass is 35.5. The SMILES string of the molecule is Cc1nn(Cc2ccccc2)c(Cl)c1CN1CCC(O)CC1. The molecule has 4 nitrogen and oxygen atoms in total. The number of aromatic nitrogens is 2. The van der Waals surface area contributed by atoms with E-state index < -0.39 is 0 Å². The Morgan fingerprint density at radius 3 is 2.55 bits per heavy atom. The Bertz CT molecular complexity index is 618. The van der Waals surface area contributed by atoms with E-state index in [0.717, 1.165) is 48.9 Å². The Labute approximate surface area is 136 Å². The van der Waals surface area contributed by atoms with Crippen molar-refractivity contribution in [2.75, 3.05) is 13.1 Å². The van der Waals surface area contributed by atoms with Crippen molar-refractivity contribution < 1.29 is 5.11 Å². The van der Waals surface area contributed by atoms with Crippen LogP contribution in [-0.4, -0.2) is 39.0 Å². The molecule has 2 aromatic rings. The average molecular weight is 320 g/mol. The van der Waals surface area contributed by atoms with E-state index >= 15 is 0 Å². The van der Waals surface area contributed by atoms with Gasteiger partial charge in [0, 0.05) is 25.2 Å². The topological polar surface area (TPSA) is 41.3 Å². The molecule has 0 radical (unpaired) electrons. The van der Waals surface area contributed by atoms with Crippen molar-refractivity contribution in [3.8, 4) is 0 Å². The lowest BCUT2D eigenvalue weighted by Gasteiger charge is -2.29. The first-order chi connectivity index (χ1) is 10.6. The van der Waals surface area contributed by atoms with Crippen molar-refractivity contribution in [3.63, 3.8) is 0 Å². The Hall–Kier alpha value is -1.36. The van der Waals surface area contributed by atoms with Crippen molar-refractivity contribution in [2.45, 2.75) is 39.0 Å². The summed E-state index contributed by atoms with van der Waals surface area (Å²) < 4.78 is 1.88. The molecular weight excluding hydrogens is 298 g/mol. The number of aliphatic hydroxyl groups is 1. The molecule has 1 saturated heterocycles. The van der Waals surface area contributed by atoms with Crippen LogP contribution in [0.25, 0.3) is 0 Å². The quantitative estimate of drug-likeness (QED) is 0.942. The minimum Gasteiger partial charge on any atom is -0.393 e. The van der Waals surface area contributed by atoms with Gasteiger partial charge in [0.2, 0.25) is 0 Å². The predicted octanol–water partition coefficient (Wildman–Crippen LogP) is 2.85. The van der Waals surface area contributed by atoms with E-state index in [2.05, 4.69) is 22.1 Å². The summed E-state index contributed by atoms with van der Waals surface area (Å²) in [7, 11) is 0. The number of halogens is 1. The van der Waals surface area contributed by atoms with Gasteiger partial charge < -0.3 is 5.11 Å². The zero-order valence-corrected chi connectivity index (χ0v) is 13.6. The second kappa shape index (κ2) is 6.82. The first kappa shape index (κ1) is 15.5. The van der Waals surface area contributed by atoms with Gasteiger partial charge >= 0.3 is 0 Å². The lowest BCUT2D eigenvalue weighted by Crippen LogP contribution is -2.35. The second-order valence-electron chi connectivity index (χ2n) is 6.01. The minimum absolute atomic E-state index is 0.145. The highest BCUT2D eigenvalue weighted by Crippen LogP contribution is 2.24. The molecule has 0 spiro atoms. The fourth-order valence-electron chi connectivity index (χ4n) is 2.93. The van der Waals surface area contributed by atoms with E-state index in [4.69, 9.17) is 11.6 Å². The Kier molecular flexibility index (Phi) is 4.81. The van der Waals surface area contributed by atoms with Gasteiger partial charge in [-0.15, -0.1) is 0 Å². The highest BCUT2D eigenvalue weighted by molar-refractivity contribution is 6.30. The maximum Gasteiger partial charge on any atom is 0.132 e. The van der Waals surface area contributed by atoms with E-state index in [9.17, 15) is 5.11 Å². The molecule has 5 heteroatoms. The maximum atomic E-state index is 9.60. The van der Waals surface area contributed by atoms with Gasteiger partial charge in [-0.3, -0.25) is 4.90 Å². The van der Waals surface area contributed by atoms with Crippen LogP contribution in [0, 0.1) is 6.92 Å². The van der Waals surface area contributed by atoms with Crippen LogP contribution >= 0.6 is 11.6 Å². The van der Waals surface area contributed by atoms with E-state index in [-0.39, 0.29) is 6.10 Å². The van der Waals surface area contributed by atoms with Crippen molar-refractivity contribution in [2.24, 2.45) is 0 Å². The van der Waals surface area contributed by atoms with Gasteiger partial charge in [0.1, 0.15) is 5.15 Å². The molecule has 0 amide bonds. The molecule has 1 aliphatic rings. The Balaban J connectivity index is 1.73. The minimum atomic E-state index is -0.145.